The lowest BCUT2D eigenvalue weighted by Crippen LogP contribution is -2.51. The Kier molecular flexibility index (Phi) is 9.47. The first-order chi connectivity index (χ1) is 18.2. The molecule has 2 amide bonds. The second kappa shape index (κ2) is 12.2. The number of Topliss-reactive ketones (excluding diaryl/α,β-unsaturated/α-hetero) is 1. The highest BCUT2D eigenvalue weighted by Gasteiger charge is 2.41. The molecule has 212 valence electrons. The molecule has 1 aliphatic rings. The third kappa shape index (κ3) is 8.32. The molecule has 0 spiro atoms. The number of halogens is 7. The van der Waals surface area contributed by atoms with Gasteiger partial charge in [0.05, 0.1) is 6.54 Å². The van der Waals surface area contributed by atoms with E-state index < -0.39 is 73.5 Å². The van der Waals surface area contributed by atoms with Crippen LogP contribution in [0.25, 0.3) is 0 Å². The highest BCUT2D eigenvalue weighted by Crippen LogP contribution is 2.36. The number of carbonyl (C=O) groups is 3. The van der Waals surface area contributed by atoms with E-state index in [0.29, 0.717) is 17.1 Å². The molecule has 3 N–H and O–H groups in total. The molecular formula is C25H25ClF6N4O3. The first-order valence-corrected chi connectivity index (χ1v) is 12.3. The summed E-state index contributed by atoms with van der Waals surface area (Å²) in [4.78, 5) is 44.3. The summed E-state index contributed by atoms with van der Waals surface area (Å²) in [6, 6.07) is 8.54. The number of nitrogens with two attached hydrogens (primary N) is 1. The summed E-state index contributed by atoms with van der Waals surface area (Å²) >= 11 is 6.33. The number of primary amides is 1. The average Bonchev–Trinajstić information content (AvgIpc) is 2.97. The molecule has 7 nitrogen and oxygen atoms in total. The van der Waals surface area contributed by atoms with Crippen LogP contribution < -0.4 is 16.0 Å². The van der Waals surface area contributed by atoms with Crippen LogP contribution in [0.2, 0.25) is 5.02 Å². The van der Waals surface area contributed by atoms with Gasteiger partial charge in [-0.1, -0.05) is 23.7 Å². The number of pyridine rings is 1. The van der Waals surface area contributed by atoms with Crippen molar-refractivity contribution in [1.29, 1.82) is 0 Å². The Balaban J connectivity index is 1.93. The zero-order valence-corrected chi connectivity index (χ0v) is 21.1. The van der Waals surface area contributed by atoms with Crippen LogP contribution in [-0.2, 0) is 20.8 Å². The topological polar surface area (TPSA) is 105 Å². The lowest BCUT2D eigenvalue weighted by atomic mass is 9.83. The van der Waals surface area contributed by atoms with E-state index in [9.17, 15) is 40.7 Å². The summed E-state index contributed by atoms with van der Waals surface area (Å²) in [7, 11) is 0. The number of nitrogens with one attached hydrogen (secondary N) is 1. The molecule has 0 unspecified atom stereocenters. The van der Waals surface area contributed by atoms with Gasteiger partial charge in [-0.15, -0.1) is 0 Å². The Hall–Kier alpha value is -3.35. The first-order valence-electron chi connectivity index (χ1n) is 11.9. The van der Waals surface area contributed by atoms with Gasteiger partial charge in [-0.3, -0.25) is 14.4 Å². The van der Waals surface area contributed by atoms with E-state index in [4.69, 9.17) is 17.3 Å². The maximum atomic E-state index is 13.3. The Morgan fingerprint density at radius 2 is 1.67 bits per heavy atom. The number of hydrogen-bond donors (Lipinski definition) is 2. The normalized spacial score (nSPS) is 17.7. The zero-order chi connectivity index (χ0) is 29.0. The van der Waals surface area contributed by atoms with Crippen molar-refractivity contribution in [2.75, 3.05) is 11.4 Å². The summed E-state index contributed by atoms with van der Waals surface area (Å²) in [5, 5.41) is 2.64. The van der Waals surface area contributed by atoms with Gasteiger partial charge in [0.25, 0.3) is 0 Å². The largest absolute Gasteiger partial charge is 0.389 e. The molecule has 1 aromatic carbocycles. The van der Waals surface area contributed by atoms with Crippen molar-refractivity contribution in [1.82, 2.24) is 10.3 Å². The van der Waals surface area contributed by atoms with E-state index in [-0.39, 0.29) is 18.0 Å². The Labute approximate surface area is 224 Å². The fraction of sp³-hybridized carbons (Fsp3) is 0.440. The van der Waals surface area contributed by atoms with Crippen LogP contribution in [0, 0.1) is 11.8 Å². The maximum absolute atomic E-state index is 13.3. The van der Waals surface area contributed by atoms with Crippen molar-refractivity contribution in [3.63, 3.8) is 0 Å². The second-order valence-corrected chi connectivity index (χ2v) is 9.57. The highest BCUT2D eigenvalue weighted by atomic mass is 35.5. The molecular weight excluding hydrogens is 554 g/mol. The van der Waals surface area contributed by atoms with E-state index in [1.807, 2.05) is 0 Å². The first kappa shape index (κ1) is 30.2. The minimum Gasteiger partial charge on any atom is -0.369 e. The quantitative estimate of drug-likeness (QED) is 0.413. The monoisotopic (exact) mass is 578 g/mol. The number of nitrogens with zero attached hydrogens (tertiary/aromatic N) is 2. The van der Waals surface area contributed by atoms with Crippen LogP contribution >= 0.6 is 11.6 Å². The summed E-state index contributed by atoms with van der Waals surface area (Å²) in [5.41, 5.74) is 6.18. The fourth-order valence-electron chi connectivity index (χ4n) is 4.49. The average molecular weight is 579 g/mol. The molecule has 1 aliphatic heterocycles. The Morgan fingerprint density at radius 1 is 1.03 bits per heavy atom. The van der Waals surface area contributed by atoms with Crippen molar-refractivity contribution in [2.45, 2.75) is 50.5 Å². The van der Waals surface area contributed by atoms with E-state index in [0.717, 1.165) is 0 Å². The lowest BCUT2D eigenvalue weighted by Gasteiger charge is -2.29. The summed E-state index contributed by atoms with van der Waals surface area (Å²) in [6.45, 7) is -0.204. The minimum atomic E-state index is -4.75. The minimum absolute atomic E-state index is 0.204. The molecule has 0 aliphatic carbocycles. The molecule has 14 heteroatoms. The summed E-state index contributed by atoms with van der Waals surface area (Å²) < 4.78 is 77.6. The van der Waals surface area contributed by atoms with Crippen molar-refractivity contribution in [3.05, 3.63) is 53.2 Å². The van der Waals surface area contributed by atoms with Crippen molar-refractivity contribution in [2.24, 2.45) is 17.6 Å². The molecule has 3 atom stereocenters. The van der Waals surface area contributed by atoms with Gasteiger partial charge < -0.3 is 16.0 Å². The van der Waals surface area contributed by atoms with Gasteiger partial charge in [0.15, 0.2) is 5.78 Å². The Morgan fingerprint density at radius 3 is 2.23 bits per heavy atom. The van der Waals surface area contributed by atoms with Gasteiger partial charge in [0.1, 0.15) is 11.9 Å². The number of fused-ring (bicyclic) bond motifs is 1. The molecule has 39 heavy (non-hydrogen) atoms. The molecule has 0 bridgehead atoms. The van der Waals surface area contributed by atoms with Gasteiger partial charge in [-0.2, -0.15) is 26.3 Å². The van der Waals surface area contributed by atoms with Gasteiger partial charge in [0.2, 0.25) is 11.8 Å². The fourth-order valence-corrected chi connectivity index (χ4v) is 4.72. The van der Waals surface area contributed by atoms with E-state index in [1.54, 1.807) is 41.3 Å². The number of carbonyl (C=O) groups excluding carboxylic acids is 3. The van der Waals surface area contributed by atoms with Crippen LogP contribution in [0.4, 0.5) is 37.8 Å². The third-order valence-electron chi connectivity index (χ3n) is 6.40. The van der Waals surface area contributed by atoms with Gasteiger partial charge in [0, 0.05) is 53.6 Å². The predicted octanol–water partition coefficient (Wildman–Crippen LogP) is 4.89. The molecule has 0 saturated heterocycles. The number of rotatable bonds is 9. The highest BCUT2D eigenvalue weighted by molar-refractivity contribution is 6.32. The number of benzene rings is 1. The van der Waals surface area contributed by atoms with Crippen LogP contribution in [0.1, 0.15) is 31.2 Å². The van der Waals surface area contributed by atoms with E-state index in [2.05, 4.69) is 10.3 Å². The molecule has 0 radical (unpaired) electrons. The van der Waals surface area contributed by atoms with Crippen molar-refractivity contribution >= 4 is 40.7 Å². The number of alkyl halides is 6. The number of ketones is 1. The summed E-state index contributed by atoms with van der Waals surface area (Å²) in [5.74, 6) is -6.38. The Bertz CT molecular complexity index is 1190. The number of amides is 2. The third-order valence-corrected chi connectivity index (χ3v) is 6.75. The molecule has 0 fully saturated rings. The standard InChI is InChI=1S/C25H25ClF6N4O3/c26-17-4-3-5-19-16(17)12-20(37)18(13-36(19)21-6-1-2-11-34-21)35-23(39)15(8-10-25(30,31)32)14(22(33)38)7-9-24(27,28)29/h1-6,11,14-15,18H,7-10,12-13H2,(H2,33,38)(H,35,39)/t14-,15+,18-/m0/s1. The zero-order valence-electron chi connectivity index (χ0n) is 20.4. The molecule has 2 heterocycles. The van der Waals surface area contributed by atoms with E-state index in [1.165, 1.54) is 6.20 Å². The SMILES string of the molecule is NC(=O)[C@@H](CCC(F)(F)F)[C@@H](CCC(F)(F)F)C(=O)N[C@H]1CN(c2ccccn2)c2cccc(Cl)c2CC1=O. The van der Waals surface area contributed by atoms with Gasteiger partial charge in [-0.05, 0) is 37.1 Å². The van der Waals surface area contributed by atoms with E-state index >= 15 is 0 Å². The van der Waals surface area contributed by atoms with Crippen LogP contribution in [0.3, 0.4) is 0 Å². The van der Waals surface area contributed by atoms with Crippen molar-refractivity contribution in [3.8, 4) is 0 Å². The van der Waals surface area contributed by atoms with Crippen LogP contribution in [0.5, 0.6) is 0 Å². The van der Waals surface area contributed by atoms with Crippen LogP contribution in [-0.4, -0.2) is 47.5 Å². The smallest absolute Gasteiger partial charge is 0.369 e. The predicted molar refractivity (Wildman–Crippen MR) is 130 cm³/mol. The number of aromatic nitrogens is 1. The van der Waals surface area contributed by atoms with Crippen LogP contribution in [0.15, 0.2) is 42.6 Å². The maximum Gasteiger partial charge on any atom is 0.389 e. The molecule has 0 saturated carbocycles. The number of hydrogen-bond acceptors (Lipinski definition) is 5. The van der Waals surface area contributed by atoms with Gasteiger partial charge >= 0.3 is 12.4 Å². The van der Waals surface area contributed by atoms with Gasteiger partial charge in [-0.25, -0.2) is 4.98 Å². The second-order valence-electron chi connectivity index (χ2n) is 9.16. The molecule has 3 rings (SSSR count). The molecule has 1 aromatic heterocycles. The molecule has 2 aromatic rings. The summed E-state index contributed by atoms with van der Waals surface area (Å²) in [6.07, 6.45) is -13.3. The lowest BCUT2D eigenvalue weighted by molar-refractivity contribution is -0.152. The van der Waals surface area contributed by atoms with Crippen molar-refractivity contribution < 1.29 is 40.7 Å². The number of anilines is 2.